The number of hydrogen-bond acceptors (Lipinski definition) is 4. The number of aromatic nitrogens is 2. The quantitative estimate of drug-likeness (QED) is 0.311. The molecule has 0 aliphatic heterocycles. The van der Waals surface area contributed by atoms with Gasteiger partial charge in [-0.05, 0) is 23.0 Å². The SMILES string of the molecule is CCCCC(=O)O/C(=C(/C#N)c1ccc(C(C)(C)C)cc1)c1c(Cl)nn(C)c1Cl. The molecule has 0 spiro atoms. The Kier molecular flexibility index (Phi) is 7.51. The lowest BCUT2D eigenvalue weighted by molar-refractivity contribution is -0.136. The van der Waals surface area contributed by atoms with Gasteiger partial charge in [-0.25, -0.2) is 0 Å². The van der Waals surface area contributed by atoms with Crippen molar-refractivity contribution in [3.63, 3.8) is 0 Å². The Morgan fingerprint density at radius 2 is 1.86 bits per heavy atom. The van der Waals surface area contributed by atoms with Crippen molar-refractivity contribution in [2.24, 2.45) is 7.05 Å². The van der Waals surface area contributed by atoms with E-state index >= 15 is 0 Å². The molecule has 29 heavy (non-hydrogen) atoms. The van der Waals surface area contributed by atoms with Crippen LogP contribution in [0, 0.1) is 11.3 Å². The summed E-state index contributed by atoms with van der Waals surface area (Å²) in [6, 6.07) is 9.72. The predicted molar refractivity (Wildman–Crippen MR) is 116 cm³/mol. The minimum Gasteiger partial charge on any atom is -0.424 e. The molecule has 0 atom stereocenters. The van der Waals surface area contributed by atoms with E-state index < -0.39 is 5.97 Å². The molecule has 1 aromatic heterocycles. The summed E-state index contributed by atoms with van der Waals surface area (Å²) in [5, 5.41) is 14.2. The van der Waals surface area contributed by atoms with E-state index in [-0.39, 0.29) is 39.0 Å². The van der Waals surface area contributed by atoms with Crippen LogP contribution in [0.2, 0.25) is 10.3 Å². The van der Waals surface area contributed by atoms with Crippen molar-refractivity contribution in [3.05, 3.63) is 51.3 Å². The van der Waals surface area contributed by atoms with E-state index in [1.165, 1.54) is 4.68 Å². The monoisotopic (exact) mass is 433 g/mol. The van der Waals surface area contributed by atoms with Crippen molar-refractivity contribution in [3.8, 4) is 6.07 Å². The molecular weight excluding hydrogens is 409 g/mol. The largest absolute Gasteiger partial charge is 0.424 e. The van der Waals surface area contributed by atoms with Gasteiger partial charge < -0.3 is 4.74 Å². The number of aryl methyl sites for hydroxylation is 1. The number of hydrogen-bond donors (Lipinski definition) is 0. The second kappa shape index (κ2) is 9.47. The number of benzene rings is 1. The van der Waals surface area contributed by atoms with Crippen molar-refractivity contribution in [2.75, 3.05) is 0 Å². The molecule has 0 aliphatic rings. The molecule has 0 amide bonds. The predicted octanol–water partition coefficient (Wildman–Crippen LogP) is 6.15. The first kappa shape index (κ1) is 23.0. The van der Waals surface area contributed by atoms with E-state index in [1.807, 2.05) is 31.2 Å². The number of carbonyl (C=O) groups excluding carboxylic acids is 1. The fourth-order valence-corrected chi connectivity index (χ4v) is 3.31. The maximum atomic E-state index is 12.4. The summed E-state index contributed by atoms with van der Waals surface area (Å²) in [4.78, 5) is 12.4. The molecule has 5 nitrogen and oxygen atoms in total. The molecule has 0 radical (unpaired) electrons. The van der Waals surface area contributed by atoms with Crippen molar-refractivity contribution in [1.82, 2.24) is 9.78 Å². The molecule has 2 aromatic rings. The number of carbonyl (C=O) groups is 1. The summed E-state index contributed by atoms with van der Waals surface area (Å²) in [5.74, 6) is -0.419. The zero-order valence-corrected chi connectivity index (χ0v) is 18.9. The minimum absolute atomic E-state index is 0.0273. The Morgan fingerprint density at radius 1 is 1.24 bits per heavy atom. The summed E-state index contributed by atoms with van der Waals surface area (Å²) in [6.07, 6.45) is 1.77. The van der Waals surface area contributed by atoms with Gasteiger partial charge in [0, 0.05) is 13.5 Å². The van der Waals surface area contributed by atoms with Gasteiger partial charge in [-0.15, -0.1) is 0 Å². The van der Waals surface area contributed by atoms with Crippen LogP contribution in [0.25, 0.3) is 11.3 Å². The van der Waals surface area contributed by atoms with Crippen LogP contribution in [0.3, 0.4) is 0 Å². The van der Waals surface area contributed by atoms with Gasteiger partial charge in [0.15, 0.2) is 10.9 Å². The van der Waals surface area contributed by atoms with Crippen molar-refractivity contribution in [2.45, 2.75) is 52.4 Å². The van der Waals surface area contributed by atoms with E-state index in [4.69, 9.17) is 27.9 Å². The van der Waals surface area contributed by atoms with Crippen LogP contribution >= 0.6 is 23.2 Å². The summed E-state index contributed by atoms with van der Waals surface area (Å²) in [7, 11) is 1.62. The molecule has 1 heterocycles. The van der Waals surface area contributed by atoms with Crippen molar-refractivity contribution >= 4 is 40.5 Å². The van der Waals surface area contributed by atoms with Gasteiger partial charge in [0.1, 0.15) is 16.8 Å². The third-order valence-corrected chi connectivity index (χ3v) is 5.19. The first-order valence-corrected chi connectivity index (χ1v) is 10.2. The first-order chi connectivity index (χ1) is 13.6. The Hall–Kier alpha value is -2.29. The number of esters is 1. The summed E-state index contributed by atoms with van der Waals surface area (Å²) < 4.78 is 6.99. The highest BCUT2D eigenvalue weighted by atomic mass is 35.5. The van der Waals surface area contributed by atoms with Gasteiger partial charge in [0.2, 0.25) is 0 Å². The fraction of sp³-hybridized carbons (Fsp3) is 0.409. The molecule has 0 aliphatic carbocycles. The topological polar surface area (TPSA) is 67.9 Å². The number of allylic oxidation sites excluding steroid dienone is 1. The van der Waals surface area contributed by atoms with Gasteiger partial charge in [0.05, 0.1) is 5.56 Å². The Balaban J connectivity index is 2.63. The van der Waals surface area contributed by atoms with Gasteiger partial charge >= 0.3 is 5.97 Å². The molecule has 0 unspecified atom stereocenters. The minimum atomic E-state index is -0.447. The number of ether oxygens (including phenoxy) is 1. The lowest BCUT2D eigenvalue weighted by Crippen LogP contribution is -2.10. The van der Waals surface area contributed by atoms with Crippen LogP contribution in [0.4, 0.5) is 0 Å². The van der Waals surface area contributed by atoms with E-state index in [0.29, 0.717) is 12.0 Å². The van der Waals surface area contributed by atoms with Gasteiger partial charge in [-0.1, -0.05) is 81.6 Å². The zero-order chi connectivity index (χ0) is 21.8. The lowest BCUT2D eigenvalue weighted by atomic mass is 9.86. The highest BCUT2D eigenvalue weighted by Crippen LogP contribution is 2.37. The molecule has 0 fully saturated rings. The molecule has 0 saturated carbocycles. The summed E-state index contributed by atoms with van der Waals surface area (Å²) in [5.41, 5.74) is 2.11. The van der Waals surface area contributed by atoms with E-state index in [2.05, 4.69) is 31.9 Å². The second-order valence-corrected chi connectivity index (χ2v) is 8.52. The number of halogens is 2. The van der Waals surface area contributed by atoms with Gasteiger partial charge in [-0.3, -0.25) is 9.48 Å². The Bertz CT molecular complexity index is 962. The van der Waals surface area contributed by atoms with Gasteiger partial charge in [-0.2, -0.15) is 10.4 Å². The van der Waals surface area contributed by atoms with Crippen LogP contribution in [0.5, 0.6) is 0 Å². The average molecular weight is 434 g/mol. The third kappa shape index (κ3) is 5.41. The Morgan fingerprint density at radius 3 is 2.31 bits per heavy atom. The van der Waals surface area contributed by atoms with Crippen molar-refractivity contribution < 1.29 is 9.53 Å². The smallest absolute Gasteiger partial charge is 0.311 e. The lowest BCUT2D eigenvalue weighted by Gasteiger charge is -2.19. The standard InChI is InChI=1S/C22H25Cl2N3O2/c1-6-7-8-17(28)29-19(18-20(23)26-27(5)21(18)24)16(13-25)14-9-11-15(12-10-14)22(2,3)4/h9-12H,6-8H2,1-5H3/b19-16-. The Labute approximate surface area is 181 Å². The highest BCUT2D eigenvalue weighted by Gasteiger charge is 2.26. The highest BCUT2D eigenvalue weighted by molar-refractivity contribution is 6.37. The molecule has 0 saturated heterocycles. The van der Waals surface area contributed by atoms with Crippen molar-refractivity contribution in [1.29, 1.82) is 5.26 Å². The van der Waals surface area contributed by atoms with E-state index in [1.54, 1.807) is 7.05 Å². The summed E-state index contributed by atoms with van der Waals surface area (Å²) in [6.45, 7) is 8.31. The van der Waals surface area contributed by atoms with E-state index in [0.717, 1.165) is 12.0 Å². The van der Waals surface area contributed by atoms with Crippen LogP contribution in [-0.4, -0.2) is 15.7 Å². The second-order valence-electron chi connectivity index (χ2n) is 7.80. The number of nitriles is 1. The van der Waals surface area contributed by atoms with E-state index in [9.17, 15) is 10.1 Å². The number of nitrogens with zero attached hydrogens (tertiary/aromatic N) is 3. The normalized spacial score (nSPS) is 12.3. The van der Waals surface area contributed by atoms with Crippen LogP contribution < -0.4 is 0 Å². The molecule has 0 bridgehead atoms. The maximum Gasteiger partial charge on any atom is 0.311 e. The molecule has 0 N–H and O–H groups in total. The van der Waals surface area contributed by atoms with Crippen LogP contribution in [-0.2, 0) is 22.0 Å². The maximum absolute atomic E-state index is 12.4. The van der Waals surface area contributed by atoms with Crippen LogP contribution in [0.1, 0.15) is 63.6 Å². The van der Waals surface area contributed by atoms with Crippen LogP contribution in [0.15, 0.2) is 24.3 Å². The molecule has 1 aromatic carbocycles. The number of rotatable bonds is 6. The average Bonchev–Trinajstić information content (AvgIpc) is 2.91. The first-order valence-electron chi connectivity index (χ1n) is 9.44. The fourth-order valence-electron chi connectivity index (χ4n) is 2.76. The molecule has 2 rings (SSSR count). The summed E-state index contributed by atoms with van der Waals surface area (Å²) >= 11 is 12.6. The third-order valence-electron chi connectivity index (χ3n) is 4.49. The van der Waals surface area contributed by atoms with Gasteiger partial charge in [0.25, 0.3) is 0 Å². The zero-order valence-electron chi connectivity index (χ0n) is 17.3. The molecular formula is C22H25Cl2N3O2. The number of unbranched alkanes of at least 4 members (excludes halogenated alkanes) is 1. The molecule has 154 valence electrons. The molecule has 7 heteroatoms.